The van der Waals surface area contributed by atoms with Crippen molar-refractivity contribution in [3.05, 3.63) is 90.0 Å². The lowest BCUT2D eigenvalue weighted by Crippen LogP contribution is -2.43. The van der Waals surface area contributed by atoms with Gasteiger partial charge in [0.25, 0.3) is 5.82 Å². The Hall–Kier alpha value is -2.35. The third kappa shape index (κ3) is 11.4. The molecule has 3 aromatic rings. The van der Waals surface area contributed by atoms with Crippen molar-refractivity contribution in [3.63, 3.8) is 0 Å². The Bertz CT molecular complexity index is 1020. The number of nitrogens with zero attached hydrogens (tertiary/aromatic N) is 1. The van der Waals surface area contributed by atoms with Gasteiger partial charge < -0.3 is 0 Å². The summed E-state index contributed by atoms with van der Waals surface area (Å²) in [5.41, 5.74) is 2.90. The second kappa shape index (κ2) is 19.7. The van der Waals surface area contributed by atoms with Crippen molar-refractivity contribution in [2.24, 2.45) is 0 Å². The van der Waals surface area contributed by atoms with Crippen LogP contribution in [0.15, 0.2) is 73.1 Å². The summed E-state index contributed by atoms with van der Waals surface area (Å²) in [7, 11) is 0. The monoisotopic (exact) mass is 557 g/mol. The fraction of sp³-hybridized carbons (Fsp3) is 0.615. The number of hydrogen-bond acceptors (Lipinski definition) is 0. The Kier molecular flexibility index (Phi) is 15.9. The van der Waals surface area contributed by atoms with Crippen LogP contribution in [0, 0.1) is 0 Å². The van der Waals surface area contributed by atoms with E-state index in [9.17, 15) is 0 Å². The number of aromatic amines is 1. The van der Waals surface area contributed by atoms with Crippen LogP contribution in [0.1, 0.15) is 153 Å². The molecule has 1 heterocycles. The average molecular weight is 558 g/mol. The van der Waals surface area contributed by atoms with Gasteiger partial charge in [0.05, 0.1) is 12.5 Å². The van der Waals surface area contributed by atoms with Gasteiger partial charge in [-0.25, -0.2) is 9.55 Å². The Morgan fingerprint density at radius 1 is 0.634 bits per heavy atom. The van der Waals surface area contributed by atoms with Gasteiger partial charge in [0.1, 0.15) is 12.4 Å². The molecular formula is C39H61N2+. The van der Waals surface area contributed by atoms with Gasteiger partial charge in [-0.3, -0.25) is 0 Å². The molecule has 0 saturated carbocycles. The maximum Gasteiger partial charge on any atom is 0.258 e. The van der Waals surface area contributed by atoms with Crippen LogP contribution in [-0.2, 0) is 18.4 Å². The molecule has 0 aliphatic carbocycles. The van der Waals surface area contributed by atoms with Crippen molar-refractivity contribution in [2.45, 2.75) is 154 Å². The van der Waals surface area contributed by atoms with Crippen molar-refractivity contribution >= 4 is 0 Å². The molecule has 2 atom stereocenters. The van der Waals surface area contributed by atoms with E-state index in [4.69, 9.17) is 0 Å². The SMILES string of the molecule is CCCCCCCCCCC(c1[nH]cc[n+]1CCCCCCCCCC)C(C)(Cc1ccccc1)c1ccccc1. The van der Waals surface area contributed by atoms with Gasteiger partial charge >= 0.3 is 0 Å². The minimum absolute atomic E-state index is 0.00954. The average Bonchev–Trinajstić information content (AvgIpc) is 3.46. The molecule has 2 nitrogen and oxygen atoms in total. The van der Waals surface area contributed by atoms with Gasteiger partial charge in [-0.05, 0) is 36.8 Å². The topological polar surface area (TPSA) is 19.7 Å². The second-order valence-electron chi connectivity index (χ2n) is 12.8. The first-order chi connectivity index (χ1) is 20.2. The summed E-state index contributed by atoms with van der Waals surface area (Å²) < 4.78 is 2.57. The molecule has 0 aliphatic heterocycles. The number of H-pyrrole nitrogens is 1. The molecule has 1 N–H and O–H groups in total. The van der Waals surface area contributed by atoms with Gasteiger partial charge in [-0.1, -0.05) is 171 Å². The highest BCUT2D eigenvalue weighted by Crippen LogP contribution is 2.43. The number of rotatable bonds is 23. The van der Waals surface area contributed by atoms with Crippen LogP contribution >= 0.6 is 0 Å². The van der Waals surface area contributed by atoms with Crippen molar-refractivity contribution < 1.29 is 4.57 Å². The highest BCUT2D eigenvalue weighted by atomic mass is 15.1. The lowest BCUT2D eigenvalue weighted by Gasteiger charge is -2.37. The standard InChI is InChI=1S/C39H60N2/c1-4-6-8-10-12-14-16-24-30-37(38-40-31-33-41(38)32-25-17-15-13-11-9-7-5-2)39(3,36-28-22-19-23-29-36)34-35-26-20-18-21-27-35/h18-23,26-29,31,33,37H,4-17,24-25,30,32,34H2,1-3H3/p+1. The fourth-order valence-electron chi connectivity index (χ4n) is 6.79. The highest BCUT2D eigenvalue weighted by Gasteiger charge is 2.41. The fourth-order valence-corrected chi connectivity index (χ4v) is 6.79. The molecule has 226 valence electrons. The Balaban J connectivity index is 1.75. The molecule has 2 aromatic carbocycles. The van der Waals surface area contributed by atoms with Crippen LogP contribution in [0.4, 0.5) is 0 Å². The van der Waals surface area contributed by atoms with E-state index in [1.165, 1.54) is 126 Å². The zero-order valence-corrected chi connectivity index (χ0v) is 26.9. The first kappa shape index (κ1) is 33.2. The van der Waals surface area contributed by atoms with E-state index in [1.807, 2.05) is 0 Å². The molecule has 2 unspecified atom stereocenters. The molecule has 0 saturated heterocycles. The minimum atomic E-state index is 0.00954. The van der Waals surface area contributed by atoms with E-state index in [-0.39, 0.29) is 5.41 Å². The molecule has 2 heteroatoms. The number of benzene rings is 2. The van der Waals surface area contributed by atoms with E-state index in [0.29, 0.717) is 5.92 Å². The summed E-state index contributed by atoms with van der Waals surface area (Å²) >= 11 is 0. The summed E-state index contributed by atoms with van der Waals surface area (Å²) in [5.74, 6) is 1.87. The van der Waals surface area contributed by atoms with Gasteiger partial charge in [-0.15, -0.1) is 0 Å². The smallest absolute Gasteiger partial charge is 0.247 e. The van der Waals surface area contributed by atoms with Crippen molar-refractivity contribution in [1.29, 1.82) is 0 Å². The Labute approximate surface area is 253 Å². The molecule has 0 fully saturated rings. The van der Waals surface area contributed by atoms with Gasteiger partial charge in [-0.2, -0.15) is 0 Å². The number of hydrogen-bond donors (Lipinski definition) is 1. The van der Waals surface area contributed by atoms with Crippen LogP contribution in [0.3, 0.4) is 0 Å². The van der Waals surface area contributed by atoms with Crippen LogP contribution in [-0.4, -0.2) is 4.98 Å². The van der Waals surface area contributed by atoms with E-state index in [0.717, 1.165) is 13.0 Å². The predicted molar refractivity (Wildman–Crippen MR) is 178 cm³/mol. The zero-order valence-electron chi connectivity index (χ0n) is 26.9. The van der Waals surface area contributed by atoms with E-state index < -0.39 is 0 Å². The number of aryl methyl sites for hydroxylation is 1. The van der Waals surface area contributed by atoms with Crippen molar-refractivity contribution in [1.82, 2.24) is 4.98 Å². The first-order valence-corrected chi connectivity index (χ1v) is 17.3. The minimum Gasteiger partial charge on any atom is -0.247 e. The third-order valence-corrected chi connectivity index (χ3v) is 9.34. The maximum atomic E-state index is 3.78. The number of unbranched alkanes of at least 4 members (excludes halogenated alkanes) is 14. The second-order valence-corrected chi connectivity index (χ2v) is 12.8. The van der Waals surface area contributed by atoms with E-state index >= 15 is 0 Å². The number of imidazole rings is 1. The van der Waals surface area contributed by atoms with Crippen molar-refractivity contribution in [2.75, 3.05) is 0 Å². The van der Waals surface area contributed by atoms with Gasteiger partial charge in [0.2, 0.25) is 0 Å². The Morgan fingerprint density at radius 3 is 1.73 bits per heavy atom. The van der Waals surface area contributed by atoms with Crippen molar-refractivity contribution in [3.8, 4) is 0 Å². The molecular weight excluding hydrogens is 496 g/mol. The van der Waals surface area contributed by atoms with Gasteiger partial charge in [0.15, 0.2) is 0 Å². The molecule has 0 aliphatic rings. The summed E-state index contributed by atoms with van der Waals surface area (Å²) in [6.07, 6.45) is 28.7. The van der Waals surface area contributed by atoms with Crippen LogP contribution in [0.25, 0.3) is 0 Å². The predicted octanol–water partition coefficient (Wildman–Crippen LogP) is 11.3. The normalized spacial score (nSPS) is 13.7. The lowest BCUT2D eigenvalue weighted by molar-refractivity contribution is -0.705. The molecule has 0 spiro atoms. The molecule has 0 bridgehead atoms. The highest BCUT2D eigenvalue weighted by molar-refractivity contribution is 5.32. The molecule has 41 heavy (non-hydrogen) atoms. The Morgan fingerprint density at radius 2 is 1.15 bits per heavy atom. The quantitative estimate of drug-likeness (QED) is 0.0883. The largest absolute Gasteiger partial charge is 0.258 e. The summed E-state index contributed by atoms with van der Waals surface area (Å²) in [6, 6.07) is 22.5. The molecule has 1 aromatic heterocycles. The zero-order chi connectivity index (χ0) is 29.0. The summed E-state index contributed by atoms with van der Waals surface area (Å²) in [5, 5.41) is 0. The van der Waals surface area contributed by atoms with Crippen LogP contribution in [0.5, 0.6) is 0 Å². The van der Waals surface area contributed by atoms with E-state index in [1.54, 1.807) is 0 Å². The number of nitrogens with one attached hydrogen (secondary N) is 1. The third-order valence-electron chi connectivity index (χ3n) is 9.34. The molecule has 3 rings (SSSR count). The van der Waals surface area contributed by atoms with Crippen LogP contribution in [0.2, 0.25) is 0 Å². The maximum absolute atomic E-state index is 3.78. The molecule has 0 radical (unpaired) electrons. The lowest BCUT2D eigenvalue weighted by atomic mass is 9.66. The number of aromatic nitrogens is 2. The van der Waals surface area contributed by atoms with Gasteiger partial charge in [0, 0.05) is 5.41 Å². The summed E-state index contributed by atoms with van der Waals surface area (Å²) in [4.78, 5) is 3.78. The van der Waals surface area contributed by atoms with E-state index in [2.05, 4.69) is 103 Å². The molecule has 0 amide bonds. The summed E-state index contributed by atoms with van der Waals surface area (Å²) in [6.45, 7) is 8.27. The first-order valence-electron chi connectivity index (χ1n) is 17.3. The van der Waals surface area contributed by atoms with Crippen LogP contribution < -0.4 is 4.57 Å².